The quantitative estimate of drug-likeness (QED) is 0.385. The fourth-order valence-corrected chi connectivity index (χ4v) is 2.77. The minimum absolute atomic E-state index is 0.138. The fraction of sp³-hybridized carbons (Fsp3) is 0. The van der Waals surface area contributed by atoms with Crippen molar-refractivity contribution in [2.45, 2.75) is 0 Å². The highest BCUT2D eigenvalue weighted by molar-refractivity contribution is 5.94. The van der Waals surface area contributed by atoms with Gasteiger partial charge in [-0.3, -0.25) is 9.89 Å². The summed E-state index contributed by atoms with van der Waals surface area (Å²) in [6.07, 6.45) is 1.46. The zero-order valence-electron chi connectivity index (χ0n) is 14.3. The van der Waals surface area contributed by atoms with Gasteiger partial charge in [-0.2, -0.15) is 10.2 Å². The Morgan fingerprint density at radius 3 is 2.70 bits per heavy atom. The molecule has 0 aliphatic carbocycles. The normalized spacial score (nSPS) is 11.1. The molecule has 0 saturated heterocycles. The van der Waals surface area contributed by atoms with Gasteiger partial charge >= 0.3 is 0 Å². The number of phenols is 1. The Bertz CT molecular complexity index is 1150. The first-order valence-electron chi connectivity index (χ1n) is 8.36. The number of nitrogens with one attached hydrogen (secondary N) is 2. The number of hydrogen-bond acceptors (Lipinski definition) is 4. The molecule has 1 aromatic heterocycles. The highest BCUT2D eigenvalue weighted by atomic mass is 16.3. The first-order valence-corrected chi connectivity index (χ1v) is 8.36. The minimum atomic E-state index is -0.397. The van der Waals surface area contributed by atoms with Gasteiger partial charge in [-0.1, -0.05) is 48.5 Å². The second-order valence-corrected chi connectivity index (χ2v) is 6.02. The molecule has 27 heavy (non-hydrogen) atoms. The lowest BCUT2D eigenvalue weighted by atomic mass is 10.1. The zero-order valence-corrected chi connectivity index (χ0v) is 14.3. The van der Waals surface area contributed by atoms with E-state index in [-0.39, 0.29) is 5.75 Å². The molecule has 0 aliphatic rings. The van der Waals surface area contributed by atoms with Crippen molar-refractivity contribution in [3.8, 4) is 17.0 Å². The van der Waals surface area contributed by atoms with E-state index >= 15 is 0 Å². The van der Waals surface area contributed by atoms with E-state index in [4.69, 9.17) is 0 Å². The van der Waals surface area contributed by atoms with Gasteiger partial charge in [-0.25, -0.2) is 5.43 Å². The molecule has 6 heteroatoms. The summed E-state index contributed by atoms with van der Waals surface area (Å²) in [6.45, 7) is 0. The van der Waals surface area contributed by atoms with Crippen molar-refractivity contribution in [3.05, 3.63) is 84.1 Å². The Kier molecular flexibility index (Phi) is 4.37. The summed E-state index contributed by atoms with van der Waals surface area (Å²) >= 11 is 0. The topological polar surface area (TPSA) is 90.4 Å². The maximum absolute atomic E-state index is 12.2. The molecule has 4 aromatic rings. The Labute approximate surface area is 155 Å². The monoisotopic (exact) mass is 356 g/mol. The average molecular weight is 356 g/mol. The molecule has 1 amide bonds. The van der Waals surface area contributed by atoms with Crippen molar-refractivity contribution in [1.82, 2.24) is 15.6 Å². The van der Waals surface area contributed by atoms with E-state index in [1.807, 2.05) is 42.5 Å². The summed E-state index contributed by atoms with van der Waals surface area (Å²) in [5, 5.41) is 22.5. The number of benzene rings is 3. The standard InChI is InChI=1S/C21H16N4O2/c26-18-7-3-4-14(10-18)13-22-25-21(27)20-12-19(23-24-20)17-9-8-15-5-1-2-6-16(15)11-17/h1-13,26H,(H,23,24)(H,25,27)/b22-13+. The molecule has 132 valence electrons. The predicted molar refractivity (Wildman–Crippen MR) is 105 cm³/mol. The number of hydrogen-bond donors (Lipinski definition) is 3. The SMILES string of the molecule is O=C(N/N=C/c1cccc(O)c1)c1cc(-c2ccc3ccccc3c2)n[nH]1. The van der Waals surface area contributed by atoms with E-state index in [0.717, 1.165) is 16.3 Å². The van der Waals surface area contributed by atoms with Gasteiger partial charge in [-0.05, 0) is 40.6 Å². The fourth-order valence-electron chi connectivity index (χ4n) is 2.77. The summed E-state index contributed by atoms with van der Waals surface area (Å²) in [5.74, 6) is -0.259. The van der Waals surface area contributed by atoms with Crippen molar-refractivity contribution in [1.29, 1.82) is 0 Å². The molecular weight excluding hydrogens is 340 g/mol. The van der Waals surface area contributed by atoms with Gasteiger partial charge in [0.05, 0.1) is 11.9 Å². The average Bonchev–Trinajstić information content (AvgIpc) is 3.18. The number of nitrogens with zero attached hydrogens (tertiary/aromatic N) is 2. The molecule has 0 aliphatic heterocycles. The zero-order chi connectivity index (χ0) is 18.6. The lowest BCUT2D eigenvalue weighted by molar-refractivity contribution is 0.0950. The second-order valence-electron chi connectivity index (χ2n) is 6.02. The van der Waals surface area contributed by atoms with Crippen LogP contribution in [0.1, 0.15) is 16.1 Å². The molecule has 0 saturated carbocycles. The van der Waals surface area contributed by atoms with E-state index in [1.165, 1.54) is 6.21 Å². The molecule has 0 fully saturated rings. The molecular formula is C21H16N4O2. The highest BCUT2D eigenvalue weighted by Crippen LogP contribution is 2.23. The van der Waals surface area contributed by atoms with Crippen molar-refractivity contribution in [3.63, 3.8) is 0 Å². The molecule has 4 rings (SSSR count). The lowest BCUT2D eigenvalue weighted by Gasteiger charge is -2.00. The van der Waals surface area contributed by atoms with Gasteiger partial charge < -0.3 is 5.11 Å². The number of phenolic OH excluding ortho intramolecular Hbond substituents is 1. The van der Waals surface area contributed by atoms with E-state index in [9.17, 15) is 9.90 Å². The van der Waals surface area contributed by atoms with Crippen molar-refractivity contribution in [2.24, 2.45) is 5.10 Å². The summed E-state index contributed by atoms with van der Waals surface area (Å²) in [4.78, 5) is 12.2. The summed E-state index contributed by atoms with van der Waals surface area (Å²) in [7, 11) is 0. The first kappa shape index (κ1) is 16.5. The van der Waals surface area contributed by atoms with Crippen LogP contribution in [-0.2, 0) is 0 Å². The molecule has 1 heterocycles. The minimum Gasteiger partial charge on any atom is -0.508 e. The van der Waals surface area contributed by atoms with Crippen LogP contribution < -0.4 is 5.43 Å². The van der Waals surface area contributed by atoms with Crippen LogP contribution in [0.3, 0.4) is 0 Å². The number of carbonyl (C=O) groups is 1. The van der Waals surface area contributed by atoms with Crippen molar-refractivity contribution in [2.75, 3.05) is 0 Å². The van der Waals surface area contributed by atoms with Crippen LogP contribution in [0.2, 0.25) is 0 Å². The van der Waals surface area contributed by atoms with Crippen molar-refractivity contribution < 1.29 is 9.90 Å². The second kappa shape index (κ2) is 7.13. The number of aromatic hydroxyl groups is 1. The van der Waals surface area contributed by atoms with Crippen LogP contribution in [0.4, 0.5) is 0 Å². The summed E-state index contributed by atoms with van der Waals surface area (Å²) in [5.41, 5.74) is 5.03. The van der Waals surface area contributed by atoms with Gasteiger partial charge in [0.2, 0.25) is 0 Å². The van der Waals surface area contributed by atoms with Crippen LogP contribution >= 0.6 is 0 Å². The van der Waals surface area contributed by atoms with Crippen LogP contribution in [0, 0.1) is 0 Å². The largest absolute Gasteiger partial charge is 0.508 e. The van der Waals surface area contributed by atoms with Gasteiger partial charge in [0.15, 0.2) is 0 Å². The summed E-state index contributed by atoms with van der Waals surface area (Å²) < 4.78 is 0. The van der Waals surface area contributed by atoms with Gasteiger partial charge in [0, 0.05) is 5.56 Å². The third-order valence-corrected chi connectivity index (χ3v) is 4.12. The highest BCUT2D eigenvalue weighted by Gasteiger charge is 2.10. The van der Waals surface area contributed by atoms with E-state index in [0.29, 0.717) is 17.0 Å². The number of aromatic nitrogens is 2. The van der Waals surface area contributed by atoms with Crippen LogP contribution in [0.15, 0.2) is 77.9 Å². The number of hydrazone groups is 1. The molecule has 0 unspecified atom stereocenters. The maximum Gasteiger partial charge on any atom is 0.289 e. The smallest absolute Gasteiger partial charge is 0.289 e. The summed E-state index contributed by atoms with van der Waals surface area (Å²) in [6, 6.07) is 22.4. The number of H-pyrrole nitrogens is 1. The maximum atomic E-state index is 12.2. The van der Waals surface area contributed by atoms with Crippen LogP contribution in [0.5, 0.6) is 5.75 Å². The molecule has 0 atom stereocenters. The molecule has 0 bridgehead atoms. The molecule has 0 radical (unpaired) electrons. The van der Waals surface area contributed by atoms with E-state index in [2.05, 4.69) is 20.7 Å². The van der Waals surface area contributed by atoms with E-state index < -0.39 is 5.91 Å². The van der Waals surface area contributed by atoms with Gasteiger partial charge in [0.25, 0.3) is 5.91 Å². The van der Waals surface area contributed by atoms with Gasteiger partial charge in [0.1, 0.15) is 11.4 Å². The van der Waals surface area contributed by atoms with E-state index in [1.54, 1.807) is 30.3 Å². The molecule has 3 N–H and O–H groups in total. The molecule has 0 spiro atoms. The van der Waals surface area contributed by atoms with Gasteiger partial charge in [-0.15, -0.1) is 0 Å². The Balaban J connectivity index is 1.48. The molecule has 3 aromatic carbocycles. The van der Waals surface area contributed by atoms with Crippen LogP contribution in [-0.4, -0.2) is 27.4 Å². The number of fused-ring (bicyclic) bond motifs is 1. The third-order valence-electron chi connectivity index (χ3n) is 4.12. The Hall–Kier alpha value is -3.93. The lowest BCUT2D eigenvalue weighted by Crippen LogP contribution is -2.17. The molecule has 6 nitrogen and oxygen atoms in total. The van der Waals surface area contributed by atoms with Crippen molar-refractivity contribution >= 4 is 22.9 Å². The number of aromatic amines is 1. The number of carbonyl (C=O) groups excluding carboxylic acids is 1. The first-order chi connectivity index (χ1) is 13.2. The Morgan fingerprint density at radius 1 is 1.00 bits per heavy atom. The third kappa shape index (κ3) is 3.69. The predicted octanol–water partition coefficient (Wildman–Crippen LogP) is 3.70. The number of rotatable bonds is 4. The Morgan fingerprint density at radius 2 is 1.85 bits per heavy atom. The van der Waals surface area contributed by atoms with Crippen LogP contribution in [0.25, 0.3) is 22.0 Å². The number of amides is 1.